The van der Waals surface area contributed by atoms with Crippen LogP contribution in [0.15, 0.2) is 35.4 Å². The van der Waals surface area contributed by atoms with Crippen molar-refractivity contribution in [2.75, 3.05) is 5.73 Å². The van der Waals surface area contributed by atoms with Crippen molar-refractivity contribution in [2.45, 2.75) is 25.3 Å². The van der Waals surface area contributed by atoms with Gasteiger partial charge >= 0.3 is 0 Å². The van der Waals surface area contributed by atoms with Gasteiger partial charge in [-0.15, -0.1) is 0 Å². The molecule has 6 nitrogen and oxygen atoms in total. The normalized spacial score (nSPS) is 11.5. The number of anilines is 1. The fraction of sp³-hybridized carbons (Fsp3) is 0.231. The molecule has 0 amide bonds. The van der Waals surface area contributed by atoms with Crippen molar-refractivity contribution in [3.05, 3.63) is 47.3 Å². The largest absolute Gasteiger partial charge is 0.398 e. The second-order valence-electron chi connectivity index (χ2n) is 4.47. The minimum Gasteiger partial charge on any atom is -0.398 e. The molecule has 0 aliphatic rings. The first-order valence-electron chi connectivity index (χ1n) is 6.04. The van der Waals surface area contributed by atoms with Gasteiger partial charge in [-0.3, -0.25) is 0 Å². The van der Waals surface area contributed by atoms with Gasteiger partial charge < -0.3 is 5.73 Å². The molecule has 0 spiro atoms. The molecule has 0 saturated carbocycles. The van der Waals surface area contributed by atoms with E-state index in [0.717, 1.165) is 0 Å². The molecule has 0 aliphatic heterocycles. The van der Waals surface area contributed by atoms with Gasteiger partial charge in [0.15, 0.2) is 0 Å². The molecule has 0 radical (unpaired) electrons. The van der Waals surface area contributed by atoms with Crippen LogP contribution in [0.2, 0.25) is 0 Å². The van der Waals surface area contributed by atoms with Gasteiger partial charge in [0.1, 0.15) is 0 Å². The van der Waals surface area contributed by atoms with Gasteiger partial charge in [0.05, 0.1) is 17.1 Å². The Kier molecular flexibility index (Phi) is 4.01. The molecule has 0 aliphatic carbocycles. The Morgan fingerprint density at radius 2 is 2.00 bits per heavy atom. The number of nitrogens with two attached hydrogens (primary N) is 1. The first-order valence-corrected chi connectivity index (χ1v) is 7.52. The van der Waals surface area contributed by atoms with Crippen LogP contribution in [0, 0.1) is 13.8 Å². The quantitative estimate of drug-likeness (QED) is 0.824. The van der Waals surface area contributed by atoms with Gasteiger partial charge in [0, 0.05) is 11.9 Å². The summed E-state index contributed by atoms with van der Waals surface area (Å²) in [6.45, 7) is 3.52. The van der Waals surface area contributed by atoms with Crippen molar-refractivity contribution in [3.8, 4) is 0 Å². The molecule has 106 valence electrons. The number of hydrogen-bond donors (Lipinski definition) is 2. The van der Waals surface area contributed by atoms with Gasteiger partial charge in [0.2, 0.25) is 10.0 Å². The molecule has 7 heteroatoms. The molecular weight excluding hydrogens is 276 g/mol. The van der Waals surface area contributed by atoms with Crippen molar-refractivity contribution in [1.82, 2.24) is 14.9 Å². The number of hydrogen-bond acceptors (Lipinski definition) is 5. The zero-order valence-corrected chi connectivity index (χ0v) is 12.1. The van der Waals surface area contributed by atoms with E-state index in [2.05, 4.69) is 14.9 Å². The molecule has 1 heterocycles. The van der Waals surface area contributed by atoms with Crippen LogP contribution in [-0.4, -0.2) is 18.6 Å². The fourth-order valence-corrected chi connectivity index (χ4v) is 3.42. The number of nitrogens with one attached hydrogen (secondary N) is 1. The summed E-state index contributed by atoms with van der Waals surface area (Å²) in [5.74, 6) is 0. The van der Waals surface area contributed by atoms with Gasteiger partial charge in [0.25, 0.3) is 0 Å². The van der Waals surface area contributed by atoms with Crippen molar-refractivity contribution in [2.24, 2.45) is 0 Å². The summed E-state index contributed by atoms with van der Waals surface area (Å²) in [5.41, 5.74) is 7.99. The zero-order valence-electron chi connectivity index (χ0n) is 11.3. The Hall–Kier alpha value is -1.99. The molecule has 0 fully saturated rings. The van der Waals surface area contributed by atoms with Crippen LogP contribution in [0.5, 0.6) is 0 Å². The maximum absolute atomic E-state index is 12.4. The zero-order chi connectivity index (χ0) is 14.8. The van der Waals surface area contributed by atoms with Crippen LogP contribution < -0.4 is 10.5 Å². The number of nitrogens with zero attached hydrogens (tertiary/aromatic N) is 2. The summed E-state index contributed by atoms with van der Waals surface area (Å²) < 4.78 is 27.3. The van der Waals surface area contributed by atoms with Gasteiger partial charge in [-0.1, -0.05) is 6.07 Å². The van der Waals surface area contributed by atoms with E-state index in [9.17, 15) is 8.42 Å². The first-order chi connectivity index (χ1) is 9.42. The molecule has 0 saturated heterocycles. The van der Waals surface area contributed by atoms with E-state index in [4.69, 9.17) is 5.73 Å². The number of rotatable bonds is 4. The van der Waals surface area contributed by atoms with Crippen LogP contribution in [0.25, 0.3) is 0 Å². The van der Waals surface area contributed by atoms with Crippen molar-refractivity contribution in [1.29, 1.82) is 0 Å². The molecule has 0 unspecified atom stereocenters. The van der Waals surface area contributed by atoms with E-state index in [-0.39, 0.29) is 11.4 Å². The first kappa shape index (κ1) is 14.4. The third-order valence-electron chi connectivity index (χ3n) is 2.98. The fourth-order valence-electron chi connectivity index (χ4n) is 1.92. The van der Waals surface area contributed by atoms with E-state index in [1.807, 2.05) is 0 Å². The minimum absolute atomic E-state index is 0.0872. The maximum atomic E-state index is 12.4. The number of aromatic nitrogens is 2. The summed E-state index contributed by atoms with van der Waals surface area (Å²) in [6, 6.07) is 6.80. The second-order valence-corrected chi connectivity index (χ2v) is 6.17. The Labute approximate surface area is 118 Å². The van der Waals surface area contributed by atoms with Crippen molar-refractivity contribution < 1.29 is 8.42 Å². The highest BCUT2D eigenvalue weighted by Gasteiger charge is 2.20. The summed E-state index contributed by atoms with van der Waals surface area (Å²) in [6.07, 6.45) is 1.53. The number of aryl methyl sites for hydroxylation is 1. The van der Waals surface area contributed by atoms with Crippen LogP contribution in [0.3, 0.4) is 0 Å². The summed E-state index contributed by atoms with van der Waals surface area (Å²) in [7, 11) is -3.64. The number of sulfonamides is 1. The van der Waals surface area contributed by atoms with Gasteiger partial charge in [-0.05, 0) is 43.2 Å². The molecule has 3 N–H and O–H groups in total. The van der Waals surface area contributed by atoms with Gasteiger partial charge in [-0.25, -0.2) is 13.1 Å². The predicted octanol–water partition coefficient (Wildman–Crippen LogP) is 1.15. The summed E-state index contributed by atoms with van der Waals surface area (Å²) in [5, 5.41) is 7.54. The summed E-state index contributed by atoms with van der Waals surface area (Å²) >= 11 is 0. The Morgan fingerprint density at radius 3 is 2.65 bits per heavy atom. The third kappa shape index (κ3) is 2.94. The predicted molar refractivity (Wildman–Crippen MR) is 76.4 cm³/mol. The lowest BCUT2D eigenvalue weighted by Gasteiger charge is -2.13. The maximum Gasteiger partial charge on any atom is 0.241 e. The molecule has 0 atom stereocenters. The van der Waals surface area contributed by atoms with E-state index >= 15 is 0 Å². The number of nitrogen functional groups attached to an aromatic ring is 1. The van der Waals surface area contributed by atoms with E-state index in [1.54, 1.807) is 38.1 Å². The van der Waals surface area contributed by atoms with E-state index in [1.165, 1.54) is 6.20 Å². The lowest BCUT2D eigenvalue weighted by molar-refractivity contribution is 0.578. The Balaban J connectivity index is 2.30. The molecule has 2 rings (SSSR count). The average Bonchev–Trinajstić information content (AvgIpc) is 2.42. The van der Waals surface area contributed by atoms with Crippen LogP contribution in [0.1, 0.15) is 16.8 Å². The highest BCUT2D eigenvalue weighted by molar-refractivity contribution is 7.89. The molecule has 1 aromatic carbocycles. The average molecular weight is 292 g/mol. The molecular formula is C13H16N4O2S. The van der Waals surface area contributed by atoms with Crippen molar-refractivity contribution >= 4 is 15.7 Å². The smallest absolute Gasteiger partial charge is 0.241 e. The van der Waals surface area contributed by atoms with Crippen molar-refractivity contribution in [3.63, 3.8) is 0 Å². The SMILES string of the molecule is Cc1ccc(N)c(C)c1S(=O)(=O)NCc1cccnn1. The Bertz CT molecular complexity index is 715. The molecule has 20 heavy (non-hydrogen) atoms. The summed E-state index contributed by atoms with van der Waals surface area (Å²) in [4.78, 5) is 0.224. The van der Waals surface area contributed by atoms with Crippen LogP contribution >= 0.6 is 0 Å². The Morgan fingerprint density at radius 1 is 1.25 bits per heavy atom. The third-order valence-corrected chi connectivity index (χ3v) is 4.67. The topological polar surface area (TPSA) is 98.0 Å². The minimum atomic E-state index is -3.64. The lowest BCUT2D eigenvalue weighted by atomic mass is 10.1. The second kappa shape index (κ2) is 5.56. The molecule has 1 aromatic heterocycles. The van der Waals surface area contributed by atoms with Crippen LogP contribution in [0.4, 0.5) is 5.69 Å². The van der Waals surface area contributed by atoms with Crippen LogP contribution in [-0.2, 0) is 16.6 Å². The highest BCUT2D eigenvalue weighted by Crippen LogP contribution is 2.24. The lowest BCUT2D eigenvalue weighted by Crippen LogP contribution is -2.25. The monoisotopic (exact) mass is 292 g/mol. The molecule has 2 aromatic rings. The molecule has 0 bridgehead atoms. The van der Waals surface area contributed by atoms with E-state index in [0.29, 0.717) is 22.5 Å². The van der Waals surface area contributed by atoms with Gasteiger partial charge in [-0.2, -0.15) is 10.2 Å². The standard InChI is InChI=1S/C13H16N4O2S/c1-9-5-6-12(14)10(2)13(9)20(18,19)16-8-11-4-3-7-15-17-11/h3-7,16H,8,14H2,1-2H3. The number of benzene rings is 1. The highest BCUT2D eigenvalue weighted by atomic mass is 32.2. The van der Waals surface area contributed by atoms with E-state index < -0.39 is 10.0 Å².